The molecular formula is C8H5ClN4O3. The molecule has 0 spiro atoms. The van der Waals surface area contributed by atoms with E-state index in [9.17, 15) is 14.4 Å². The predicted octanol–water partition coefficient (Wildman–Crippen LogP) is 0.0550. The van der Waals surface area contributed by atoms with E-state index in [1.165, 1.54) is 19.2 Å². The minimum absolute atomic E-state index is 0.0305. The molecule has 4 amide bonds. The first-order valence-corrected chi connectivity index (χ1v) is 4.55. The monoisotopic (exact) mass is 240 g/mol. The van der Waals surface area contributed by atoms with Crippen molar-refractivity contribution in [1.29, 1.82) is 0 Å². The molecule has 1 fully saturated rings. The molecule has 16 heavy (non-hydrogen) atoms. The van der Waals surface area contributed by atoms with Gasteiger partial charge in [0.2, 0.25) is 0 Å². The standard InChI is InChI=1S/C8H5ClN4O3/c1-12-6(14)7(15)13(8(12)16)5-3-2-4(9)10-11-5/h2-3H,1H3. The zero-order valence-corrected chi connectivity index (χ0v) is 8.80. The van der Waals surface area contributed by atoms with Crippen LogP contribution in [0.3, 0.4) is 0 Å². The topological polar surface area (TPSA) is 83.5 Å². The number of imide groups is 2. The van der Waals surface area contributed by atoms with E-state index in [0.717, 1.165) is 0 Å². The molecule has 0 aliphatic carbocycles. The number of aromatic nitrogens is 2. The van der Waals surface area contributed by atoms with Crippen LogP contribution in [0.5, 0.6) is 0 Å². The summed E-state index contributed by atoms with van der Waals surface area (Å²) in [7, 11) is 1.21. The number of hydrogen-bond acceptors (Lipinski definition) is 5. The van der Waals surface area contributed by atoms with Crippen LogP contribution in [0, 0.1) is 0 Å². The molecule has 8 heteroatoms. The van der Waals surface area contributed by atoms with Crippen molar-refractivity contribution < 1.29 is 14.4 Å². The molecule has 1 aromatic rings. The second-order valence-electron chi connectivity index (χ2n) is 3.00. The molecule has 0 unspecified atom stereocenters. The van der Waals surface area contributed by atoms with Gasteiger partial charge in [-0.15, -0.1) is 10.2 Å². The maximum atomic E-state index is 11.5. The summed E-state index contributed by atoms with van der Waals surface area (Å²) < 4.78 is 0. The largest absolute Gasteiger partial charge is 0.339 e. The molecule has 2 heterocycles. The molecule has 82 valence electrons. The Kier molecular flexibility index (Phi) is 2.31. The number of rotatable bonds is 1. The maximum Gasteiger partial charge on any atom is 0.339 e. The van der Waals surface area contributed by atoms with E-state index in [4.69, 9.17) is 11.6 Å². The van der Waals surface area contributed by atoms with Crippen molar-refractivity contribution in [3.8, 4) is 0 Å². The highest BCUT2D eigenvalue weighted by atomic mass is 35.5. The lowest BCUT2D eigenvalue weighted by Crippen LogP contribution is -2.32. The van der Waals surface area contributed by atoms with Crippen LogP contribution in [-0.4, -0.2) is 40.0 Å². The van der Waals surface area contributed by atoms with Gasteiger partial charge in [-0.2, -0.15) is 0 Å². The van der Waals surface area contributed by atoms with Gasteiger partial charge in [0.15, 0.2) is 11.0 Å². The number of anilines is 1. The van der Waals surface area contributed by atoms with E-state index in [1.807, 2.05) is 0 Å². The summed E-state index contributed by atoms with van der Waals surface area (Å²) in [6.07, 6.45) is 0. The highest BCUT2D eigenvalue weighted by molar-refractivity contribution is 6.52. The third kappa shape index (κ3) is 1.41. The Morgan fingerprint density at radius 2 is 1.81 bits per heavy atom. The summed E-state index contributed by atoms with van der Waals surface area (Å²) in [5.74, 6) is -1.89. The van der Waals surface area contributed by atoms with Gasteiger partial charge in [-0.1, -0.05) is 11.6 Å². The maximum absolute atomic E-state index is 11.5. The van der Waals surface area contributed by atoms with Crippen LogP contribution >= 0.6 is 11.6 Å². The van der Waals surface area contributed by atoms with Crippen LogP contribution in [0.15, 0.2) is 12.1 Å². The van der Waals surface area contributed by atoms with Crippen LogP contribution in [0.2, 0.25) is 5.15 Å². The molecule has 1 saturated heterocycles. The van der Waals surface area contributed by atoms with Crippen molar-refractivity contribution in [2.24, 2.45) is 0 Å². The van der Waals surface area contributed by atoms with Crippen LogP contribution < -0.4 is 4.90 Å². The first-order valence-electron chi connectivity index (χ1n) is 4.17. The zero-order valence-electron chi connectivity index (χ0n) is 8.05. The molecule has 1 aliphatic heterocycles. The normalized spacial score (nSPS) is 16.2. The number of nitrogens with zero attached hydrogens (tertiary/aromatic N) is 4. The third-order valence-corrected chi connectivity index (χ3v) is 2.22. The number of halogens is 1. The first-order chi connectivity index (χ1) is 7.52. The van der Waals surface area contributed by atoms with Crippen molar-refractivity contribution in [2.45, 2.75) is 0 Å². The average molecular weight is 241 g/mol. The number of carbonyl (C=O) groups is 3. The van der Waals surface area contributed by atoms with Crippen LogP contribution in [0.4, 0.5) is 10.6 Å². The molecule has 0 atom stereocenters. The van der Waals surface area contributed by atoms with Gasteiger partial charge < -0.3 is 0 Å². The quantitative estimate of drug-likeness (QED) is 0.512. The van der Waals surface area contributed by atoms with E-state index in [0.29, 0.717) is 9.80 Å². The number of amides is 4. The Hall–Kier alpha value is -2.02. The van der Waals surface area contributed by atoms with Gasteiger partial charge >= 0.3 is 17.8 Å². The van der Waals surface area contributed by atoms with Gasteiger partial charge in [0.25, 0.3) is 0 Å². The predicted molar refractivity (Wildman–Crippen MR) is 52.7 cm³/mol. The highest BCUT2D eigenvalue weighted by Crippen LogP contribution is 2.18. The molecule has 0 N–H and O–H groups in total. The smallest absolute Gasteiger partial charge is 0.263 e. The SMILES string of the molecule is CN1C(=O)C(=O)N(c2ccc(Cl)nn2)C1=O. The van der Waals surface area contributed by atoms with Crippen molar-refractivity contribution in [1.82, 2.24) is 15.1 Å². The summed E-state index contributed by atoms with van der Waals surface area (Å²) in [6, 6.07) is 1.94. The number of hydrogen-bond donors (Lipinski definition) is 0. The summed E-state index contributed by atoms with van der Waals surface area (Å²) >= 11 is 5.51. The van der Waals surface area contributed by atoms with E-state index in [1.54, 1.807) is 0 Å². The molecule has 0 bridgehead atoms. The molecule has 0 radical (unpaired) electrons. The fourth-order valence-electron chi connectivity index (χ4n) is 1.19. The minimum atomic E-state index is -0.955. The van der Waals surface area contributed by atoms with Gasteiger partial charge in [0.05, 0.1) is 0 Å². The molecular weight excluding hydrogens is 236 g/mol. The summed E-state index contributed by atoms with van der Waals surface area (Å²) in [6.45, 7) is 0. The highest BCUT2D eigenvalue weighted by Gasteiger charge is 2.44. The van der Waals surface area contributed by atoms with Crippen LogP contribution in [0.1, 0.15) is 0 Å². The van der Waals surface area contributed by atoms with Gasteiger partial charge in [0, 0.05) is 7.05 Å². The Labute approximate surface area is 94.6 Å². The summed E-state index contributed by atoms with van der Waals surface area (Å²) in [5, 5.41) is 7.16. The number of urea groups is 1. The molecule has 0 saturated carbocycles. The Morgan fingerprint density at radius 3 is 2.25 bits per heavy atom. The Balaban J connectivity index is 2.42. The van der Waals surface area contributed by atoms with Gasteiger partial charge in [0.1, 0.15) is 0 Å². The zero-order chi connectivity index (χ0) is 11.9. The molecule has 1 aliphatic rings. The number of carbonyl (C=O) groups excluding carboxylic acids is 3. The molecule has 1 aromatic heterocycles. The fraction of sp³-hybridized carbons (Fsp3) is 0.125. The Morgan fingerprint density at radius 1 is 1.12 bits per heavy atom. The second-order valence-corrected chi connectivity index (χ2v) is 3.39. The van der Waals surface area contributed by atoms with Crippen molar-refractivity contribution >= 4 is 35.3 Å². The van der Waals surface area contributed by atoms with Gasteiger partial charge in [-0.3, -0.25) is 14.5 Å². The molecule has 7 nitrogen and oxygen atoms in total. The lowest BCUT2D eigenvalue weighted by Gasteiger charge is -2.10. The molecule has 2 rings (SSSR count). The Bertz CT molecular complexity index is 487. The van der Waals surface area contributed by atoms with E-state index >= 15 is 0 Å². The van der Waals surface area contributed by atoms with Crippen molar-refractivity contribution in [2.75, 3.05) is 11.9 Å². The van der Waals surface area contributed by atoms with Crippen LogP contribution in [-0.2, 0) is 9.59 Å². The van der Waals surface area contributed by atoms with Crippen molar-refractivity contribution in [3.05, 3.63) is 17.3 Å². The minimum Gasteiger partial charge on any atom is -0.263 e. The van der Waals surface area contributed by atoms with E-state index < -0.39 is 17.8 Å². The first kappa shape index (κ1) is 10.5. The average Bonchev–Trinajstić information content (AvgIpc) is 2.46. The van der Waals surface area contributed by atoms with E-state index in [-0.39, 0.29) is 11.0 Å². The lowest BCUT2D eigenvalue weighted by atomic mass is 10.4. The van der Waals surface area contributed by atoms with E-state index in [2.05, 4.69) is 10.2 Å². The third-order valence-electron chi connectivity index (χ3n) is 2.02. The second kappa shape index (κ2) is 3.53. The summed E-state index contributed by atoms with van der Waals surface area (Å²) in [5.41, 5.74) is 0. The summed E-state index contributed by atoms with van der Waals surface area (Å²) in [4.78, 5) is 35.5. The fourth-order valence-corrected chi connectivity index (χ4v) is 1.29. The number of likely N-dealkylation sites (N-methyl/N-ethyl adjacent to an activating group) is 1. The van der Waals surface area contributed by atoms with Crippen molar-refractivity contribution in [3.63, 3.8) is 0 Å². The molecule has 0 aromatic carbocycles. The van der Waals surface area contributed by atoms with Crippen LogP contribution in [0.25, 0.3) is 0 Å². The van der Waals surface area contributed by atoms with Gasteiger partial charge in [-0.05, 0) is 12.1 Å². The lowest BCUT2D eigenvalue weighted by molar-refractivity contribution is -0.138. The van der Waals surface area contributed by atoms with Gasteiger partial charge in [-0.25, -0.2) is 9.69 Å².